The van der Waals surface area contributed by atoms with Gasteiger partial charge in [0, 0.05) is 6.54 Å². The summed E-state index contributed by atoms with van der Waals surface area (Å²) in [7, 11) is 1.63. The molecule has 2 rings (SSSR count). The lowest BCUT2D eigenvalue weighted by molar-refractivity contribution is 0.282. The van der Waals surface area contributed by atoms with Crippen molar-refractivity contribution in [2.24, 2.45) is 0 Å². The summed E-state index contributed by atoms with van der Waals surface area (Å²) in [6.07, 6.45) is 1.68. The molecule has 5 heteroatoms. The molecule has 0 bridgehead atoms. The first-order chi connectivity index (χ1) is 9.72. The van der Waals surface area contributed by atoms with Crippen molar-refractivity contribution in [3.63, 3.8) is 0 Å². The van der Waals surface area contributed by atoms with Gasteiger partial charge in [-0.2, -0.15) is 0 Å². The predicted molar refractivity (Wildman–Crippen MR) is 81.3 cm³/mol. The van der Waals surface area contributed by atoms with Crippen LogP contribution in [0.3, 0.4) is 0 Å². The van der Waals surface area contributed by atoms with Crippen LogP contribution in [0, 0.1) is 0 Å². The van der Waals surface area contributed by atoms with E-state index in [0.717, 1.165) is 21.7 Å². The first-order valence-corrected chi connectivity index (χ1v) is 7.23. The number of halogens is 1. The Hall–Kier alpha value is -1.46. The van der Waals surface area contributed by atoms with Crippen molar-refractivity contribution in [1.29, 1.82) is 0 Å². The number of hydrogen-bond donors (Lipinski definition) is 1. The van der Waals surface area contributed by atoms with Crippen LogP contribution in [0.2, 0.25) is 0 Å². The van der Waals surface area contributed by atoms with Crippen molar-refractivity contribution in [2.45, 2.75) is 13.0 Å². The standard InChI is InChI=1S/C15H18BrNO3/c1-11(13-7-4-9-19-13)17-8-10-20-15-12(16)5-3-6-14(15)18-2/h3-7,9,11,17H,8,10H2,1-2H3. The Morgan fingerprint density at radius 2 is 2.15 bits per heavy atom. The average Bonchev–Trinajstić information content (AvgIpc) is 2.98. The smallest absolute Gasteiger partial charge is 0.175 e. The second kappa shape index (κ2) is 7.36. The molecule has 0 saturated carbocycles. The van der Waals surface area contributed by atoms with Crippen molar-refractivity contribution in [2.75, 3.05) is 20.3 Å². The van der Waals surface area contributed by atoms with Crippen molar-refractivity contribution in [3.8, 4) is 11.5 Å². The summed E-state index contributed by atoms with van der Waals surface area (Å²) in [5.41, 5.74) is 0. The first kappa shape index (κ1) is 14.9. The minimum atomic E-state index is 0.162. The lowest BCUT2D eigenvalue weighted by atomic mass is 10.2. The molecule has 0 aliphatic carbocycles. The molecule has 1 heterocycles. The lowest BCUT2D eigenvalue weighted by Crippen LogP contribution is -2.24. The molecule has 2 aromatic rings. The van der Waals surface area contributed by atoms with Crippen molar-refractivity contribution in [3.05, 3.63) is 46.8 Å². The summed E-state index contributed by atoms with van der Waals surface area (Å²) < 4.78 is 17.3. The molecule has 0 aliphatic rings. The van der Waals surface area contributed by atoms with E-state index in [1.165, 1.54) is 0 Å². The van der Waals surface area contributed by atoms with Gasteiger partial charge >= 0.3 is 0 Å². The van der Waals surface area contributed by atoms with Crippen molar-refractivity contribution < 1.29 is 13.9 Å². The van der Waals surface area contributed by atoms with Crippen LogP contribution in [0.4, 0.5) is 0 Å². The fraction of sp³-hybridized carbons (Fsp3) is 0.333. The number of para-hydroxylation sites is 1. The summed E-state index contributed by atoms with van der Waals surface area (Å²) in [6, 6.07) is 9.71. The molecule has 0 fully saturated rings. The molecule has 1 aromatic heterocycles. The van der Waals surface area contributed by atoms with Crippen molar-refractivity contribution >= 4 is 15.9 Å². The number of ether oxygens (including phenoxy) is 2. The van der Waals surface area contributed by atoms with E-state index in [-0.39, 0.29) is 6.04 Å². The minimum Gasteiger partial charge on any atom is -0.493 e. The Balaban J connectivity index is 1.82. The quantitative estimate of drug-likeness (QED) is 0.779. The Morgan fingerprint density at radius 3 is 2.85 bits per heavy atom. The number of methoxy groups -OCH3 is 1. The highest BCUT2D eigenvalue weighted by atomic mass is 79.9. The average molecular weight is 340 g/mol. The molecule has 0 amide bonds. The van der Waals surface area contributed by atoms with Gasteiger partial charge in [-0.15, -0.1) is 0 Å². The van der Waals surface area contributed by atoms with Gasteiger partial charge < -0.3 is 19.2 Å². The molecule has 0 aliphatic heterocycles. The zero-order chi connectivity index (χ0) is 14.4. The second-order valence-corrected chi connectivity index (χ2v) is 5.17. The highest BCUT2D eigenvalue weighted by Crippen LogP contribution is 2.34. The number of benzene rings is 1. The first-order valence-electron chi connectivity index (χ1n) is 6.44. The van der Waals surface area contributed by atoms with E-state index in [4.69, 9.17) is 13.9 Å². The molecule has 1 aromatic carbocycles. The summed E-state index contributed by atoms with van der Waals surface area (Å²) in [5.74, 6) is 2.37. The zero-order valence-electron chi connectivity index (χ0n) is 11.6. The van der Waals surface area contributed by atoms with Crippen LogP contribution < -0.4 is 14.8 Å². The monoisotopic (exact) mass is 339 g/mol. The summed E-state index contributed by atoms with van der Waals surface area (Å²) in [6.45, 7) is 3.31. The summed E-state index contributed by atoms with van der Waals surface area (Å²) >= 11 is 3.46. The predicted octanol–water partition coefficient (Wildman–Crippen LogP) is 3.78. The van der Waals surface area contributed by atoms with Gasteiger partial charge in [-0.25, -0.2) is 0 Å². The molecule has 108 valence electrons. The number of rotatable bonds is 7. The zero-order valence-corrected chi connectivity index (χ0v) is 13.1. The van der Waals surface area contributed by atoms with Gasteiger partial charge in [0.2, 0.25) is 0 Å². The maximum absolute atomic E-state index is 5.76. The SMILES string of the molecule is COc1cccc(Br)c1OCCNC(C)c1ccco1. The molecule has 20 heavy (non-hydrogen) atoms. The van der Waals surface area contributed by atoms with Gasteiger partial charge in [0.1, 0.15) is 12.4 Å². The van der Waals surface area contributed by atoms with Gasteiger partial charge in [-0.05, 0) is 47.1 Å². The van der Waals surface area contributed by atoms with E-state index in [1.54, 1.807) is 13.4 Å². The van der Waals surface area contributed by atoms with Gasteiger partial charge in [-0.3, -0.25) is 0 Å². The van der Waals surface area contributed by atoms with Crippen molar-refractivity contribution in [1.82, 2.24) is 5.32 Å². The van der Waals surface area contributed by atoms with Gasteiger partial charge in [0.05, 0.1) is 23.9 Å². The Morgan fingerprint density at radius 1 is 1.30 bits per heavy atom. The Kier molecular flexibility index (Phi) is 5.49. The van der Waals surface area contributed by atoms with Crippen LogP contribution in [0.5, 0.6) is 11.5 Å². The molecule has 0 radical (unpaired) electrons. The highest BCUT2D eigenvalue weighted by molar-refractivity contribution is 9.10. The maximum atomic E-state index is 5.76. The van der Waals surface area contributed by atoms with Crippen LogP contribution in [0.25, 0.3) is 0 Å². The van der Waals surface area contributed by atoms with E-state index in [9.17, 15) is 0 Å². The van der Waals surface area contributed by atoms with Gasteiger partial charge in [-0.1, -0.05) is 6.07 Å². The van der Waals surface area contributed by atoms with E-state index in [2.05, 4.69) is 28.2 Å². The molecule has 0 saturated heterocycles. The Labute approximate surface area is 127 Å². The highest BCUT2D eigenvalue weighted by Gasteiger charge is 2.10. The third-order valence-electron chi connectivity index (χ3n) is 2.92. The molecular formula is C15H18BrNO3. The van der Waals surface area contributed by atoms with Crippen LogP contribution in [0.1, 0.15) is 18.7 Å². The van der Waals surface area contributed by atoms with E-state index >= 15 is 0 Å². The molecule has 1 atom stereocenters. The lowest BCUT2D eigenvalue weighted by Gasteiger charge is -2.14. The largest absolute Gasteiger partial charge is 0.493 e. The van der Waals surface area contributed by atoms with E-state index in [1.807, 2.05) is 30.3 Å². The van der Waals surface area contributed by atoms with Gasteiger partial charge in [0.15, 0.2) is 11.5 Å². The van der Waals surface area contributed by atoms with Crippen LogP contribution in [-0.4, -0.2) is 20.3 Å². The van der Waals surface area contributed by atoms with Crippen LogP contribution in [0.15, 0.2) is 45.5 Å². The molecule has 1 N–H and O–H groups in total. The van der Waals surface area contributed by atoms with Crippen LogP contribution >= 0.6 is 15.9 Å². The third kappa shape index (κ3) is 3.77. The number of nitrogens with one attached hydrogen (secondary N) is 1. The third-order valence-corrected chi connectivity index (χ3v) is 3.54. The fourth-order valence-corrected chi connectivity index (χ4v) is 2.32. The molecule has 0 spiro atoms. The number of furan rings is 1. The topological polar surface area (TPSA) is 43.6 Å². The van der Waals surface area contributed by atoms with Gasteiger partial charge in [0.25, 0.3) is 0 Å². The Bertz CT molecular complexity index is 528. The van der Waals surface area contributed by atoms with E-state index in [0.29, 0.717) is 13.2 Å². The van der Waals surface area contributed by atoms with E-state index < -0.39 is 0 Å². The molecule has 1 unspecified atom stereocenters. The fourth-order valence-electron chi connectivity index (χ4n) is 1.86. The maximum Gasteiger partial charge on any atom is 0.175 e. The molecular weight excluding hydrogens is 322 g/mol. The summed E-state index contributed by atoms with van der Waals surface area (Å²) in [4.78, 5) is 0. The van der Waals surface area contributed by atoms with Crippen LogP contribution in [-0.2, 0) is 0 Å². The normalized spacial score (nSPS) is 12.2. The minimum absolute atomic E-state index is 0.162. The summed E-state index contributed by atoms with van der Waals surface area (Å²) in [5, 5.41) is 3.34. The second-order valence-electron chi connectivity index (χ2n) is 4.31. The molecule has 4 nitrogen and oxygen atoms in total. The number of hydrogen-bond acceptors (Lipinski definition) is 4.